The van der Waals surface area contributed by atoms with E-state index in [0.29, 0.717) is 24.8 Å². The molecule has 1 unspecified atom stereocenters. The molecule has 24 heavy (non-hydrogen) atoms. The molecular weight excluding hydrogens is 301 g/mol. The Hall–Kier alpha value is -1.87. The summed E-state index contributed by atoms with van der Waals surface area (Å²) in [6.07, 6.45) is 3.13. The summed E-state index contributed by atoms with van der Waals surface area (Å²) in [5.74, 6) is 0.434. The van der Waals surface area contributed by atoms with Crippen molar-refractivity contribution in [3.05, 3.63) is 65.5 Å². The van der Waals surface area contributed by atoms with Crippen LogP contribution < -0.4 is 4.90 Å². The van der Waals surface area contributed by atoms with Crippen molar-refractivity contribution >= 4 is 5.69 Å². The molecule has 0 aliphatic carbocycles. The minimum Gasteiger partial charge on any atom is -0.378 e. The summed E-state index contributed by atoms with van der Waals surface area (Å²) in [7, 11) is 0. The molecule has 128 valence electrons. The van der Waals surface area contributed by atoms with Crippen LogP contribution in [0.5, 0.6) is 0 Å². The van der Waals surface area contributed by atoms with Gasteiger partial charge in [0.25, 0.3) is 0 Å². The maximum atomic E-state index is 14.5. The summed E-state index contributed by atoms with van der Waals surface area (Å²) in [4.78, 5) is 2.07. The van der Waals surface area contributed by atoms with E-state index in [-0.39, 0.29) is 5.82 Å². The number of ether oxygens (including phenoxy) is 1. The molecule has 0 N–H and O–H groups in total. The number of hydrogen-bond acceptors (Lipinski definition) is 2. The van der Waals surface area contributed by atoms with Gasteiger partial charge in [-0.25, -0.2) is 4.39 Å². The molecule has 0 amide bonds. The van der Waals surface area contributed by atoms with Crippen molar-refractivity contribution in [2.45, 2.75) is 26.2 Å². The van der Waals surface area contributed by atoms with Gasteiger partial charge in [-0.2, -0.15) is 0 Å². The summed E-state index contributed by atoms with van der Waals surface area (Å²) >= 11 is 0. The van der Waals surface area contributed by atoms with Gasteiger partial charge in [0.2, 0.25) is 0 Å². The molecule has 1 heterocycles. The number of nitrogens with zero attached hydrogens (tertiary/aromatic N) is 1. The summed E-state index contributed by atoms with van der Waals surface area (Å²) in [5.41, 5.74) is 3.17. The molecule has 0 saturated carbocycles. The van der Waals surface area contributed by atoms with Gasteiger partial charge in [0.15, 0.2) is 0 Å². The molecule has 1 saturated heterocycles. The third kappa shape index (κ3) is 4.57. The molecule has 0 bridgehead atoms. The minimum atomic E-state index is -0.107. The van der Waals surface area contributed by atoms with Crippen LogP contribution in [0.2, 0.25) is 0 Å². The first kappa shape index (κ1) is 17.0. The van der Waals surface area contributed by atoms with Crippen molar-refractivity contribution in [2.75, 3.05) is 31.2 Å². The minimum absolute atomic E-state index is 0.107. The Kier molecular flexibility index (Phi) is 5.86. The van der Waals surface area contributed by atoms with Crippen LogP contribution in [0.25, 0.3) is 0 Å². The topological polar surface area (TPSA) is 12.5 Å². The molecule has 1 atom stereocenters. The summed E-state index contributed by atoms with van der Waals surface area (Å²) < 4.78 is 19.8. The molecule has 0 spiro atoms. The number of rotatable bonds is 6. The smallest absolute Gasteiger partial charge is 0.146 e. The van der Waals surface area contributed by atoms with Crippen LogP contribution in [0.3, 0.4) is 0 Å². The van der Waals surface area contributed by atoms with Gasteiger partial charge in [0.05, 0.1) is 18.9 Å². The Bertz CT molecular complexity index is 638. The lowest BCUT2D eigenvalue weighted by molar-refractivity contribution is 0.122. The lowest BCUT2D eigenvalue weighted by Crippen LogP contribution is -2.36. The number of aryl methyl sites for hydroxylation is 1. The first-order chi connectivity index (χ1) is 11.7. The van der Waals surface area contributed by atoms with Crippen LogP contribution in [-0.4, -0.2) is 26.3 Å². The fraction of sp³-hybridized carbons (Fsp3) is 0.429. The van der Waals surface area contributed by atoms with Crippen LogP contribution in [0, 0.1) is 11.7 Å². The predicted octanol–water partition coefficient (Wildman–Crippen LogP) is 4.47. The molecule has 0 radical (unpaired) electrons. The van der Waals surface area contributed by atoms with Crippen LogP contribution in [0.1, 0.15) is 24.5 Å². The third-order valence-electron chi connectivity index (χ3n) is 4.72. The Morgan fingerprint density at radius 3 is 2.50 bits per heavy atom. The highest BCUT2D eigenvalue weighted by atomic mass is 19.1. The number of benzene rings is 2. The van der Waals surface area contributed by atoms with Gasteiger partial charge in [-0.3, -0.25) is 0 Å². The van der Waals surface area contributed by atoms with Crippen molar-refractivity contribution in [3.8, 4) is 0 Å². The van der Waals surface area contributed by atoms with Crippen LogP contribution in [0.15, 0.2) is 48.5 Å². The first-order valence-corrected chi connectivity index (χ1v) is 8.87. The van der Waals surface area contributed by atoms with E-state index < -0.39 is 0 Å². The number of anilines is 1. The zero-order valence-electron chi connectivity index (χ0n) is 14.4. The second-order valence-electron chi connectivity index (χ2n) is 6.72. The number of halogens is 1. The molecular formula is C21H26FNO. The van der Waals surface area contributed by atoms with E-state index in [0.717, 1.165) is 37.9 Å². The molecule has 3 rings (SSSR count). The van der Waals surface area contributed by atoms with Crippen molar-refractivity contribution in [1.29, 1.82) is 0 Å². The van der Waals surface area contributed by atoms with Crippen molar-refractivity contribution < 1.29 is 9.13 Å². The highest BCUT2D eigenvalue weighted by molar-refractivity contribution is 5.49. The first-order valence-electron chi connectivity index (χ1n) is 8.87. The highest BCUT2D eigenvalue weighted by Gasteiger charge is 2.15. The average Bonchev–Trinajstić information content (AvgIpc) is 2.62. The van der Waals surface area contributed by atoms with Crippen LogP contribution in [-0.2, 0) is 17.6 Å². The Labute approximate surface area is 144 Å². The SMILES string of the molecule is CC(CCc1ccccc1)Cc1ccc(N2CCOCC2)c(F)c1. The van der Waals surface area contributed by atoms with Crippen LogP contribution >= 0.6 is 0 Å². The quantitative estimate of drug-likeness (QED) is 0.776. The van der Waals surface area contributed by atoms with E-state index in [1.807, 2.05) is 12.1 Å². The standard InChI is InChI=1S/C21H26FNO/c1-17(7-8-18-5-3-2-4-6-18)15-19-9-10-21(20(22)16-19)23-11-13-24-14-12-23/h2-6,9-10,16-17H,7-8,11-15H2,1H3. The van der Waals surface area contributed by atoms with Crippen molar-refractivity contribution in [3.63, 3.8) is 0 Å². The van der Waals surface area contributed by atoms with Gasteiger partial charge in [0.1, 0.15) is 5.82 Å². The van der Waals surface area contributed by atoms with Crippen molar-refractivity contribution in [2.24, 2.45) is 5.92 Å². The molecule has 2 aromatic rings. The van der Waals surface area contributed by atoms with E-state index in [9.17, 15) is 4.39 Å². The van der Waals surface area contributed by atoms with Gasteiger partial charge in [-0.05, 0) is 48.4 Å². The normalized spacial score (nSPS) is 16.2. The second kappa shape index (κ2) is 8.29. The molecule has 1 aliphatic rings. The lowest BCUT2D eigenvalue weighted by Gasteiger charge is -2.29. The third-order valence-corrected chi connectivity index (χ3v) is 4.72. The fourth-order valence-electron chi connectivity index (χ4n) is 3.30. The van der Waals surface area contributed by atoms with E-state index in [1.54, 1.807) is 6.07 Å². The predicted molar refractivity (Wildman–Crippen MR) is 97.1 cm³/mol. The summed E-state index contributed by atoms with van der Waals surface area (Å²) in [6.45, 7) is 5.14. The zero-order chi connectivity index (χ0) is 16.8. The summed E-state index contributed by atoms with van der Waals surface area (Å²) in [6, 6.07) is 16.3. The fourth-order valence-corrected chi connectivity index (χ4v) is 3.30. The molecule has 1 aliphatic heterocycles. The maximum absolute atomic E-state index is 14.5. The largest absolute Gasteiger partial charge is 0.378 e. The van der Waals surface area contributed by atoms with Crippen molar-refractivity contribution in [1.82, 2.24) is 0 Å². The van der Waals surface area contributed by atoms with Gasteiger partial charge < -0.3 is 9.64 Å². The molecule has 0 aromatic heterocycles. The summed E-state index contributed by atoms with van der Waals surface area (Å²) in [5, 5.41) is 0. The Balaban J connectivity index is 1.55. The van der Waals surface area contributed by atoms with Gasteiger partial charge >= 0.3 is 0 Å². The van der Waals surface area contributed by atoms with E-state index in [4.69, 9.17) is 4.74 Å². The molecule has 1 fully saturated rings. The van der Waals surface area contributed by atoms with Gasteiger partial charge in [0, 0.05) is 13.1 Å². The molecule has 2 nitrogen and oxygen atoms in total. The number of hydrogen-bond donors (Lipinski definition) is 0. The Morgan fingerprint density at radius 2 is 1.79 bits per heavy atom. The average molecular weight is 327 g/mol. The van der Waals surface area contributed by atoms with E-state index in [1.165, 1.54) is 5.56 Å². The Morgan fingerprint density at radius 1 is 1.04 bits per heavy atom. The maximum Gasteiger partial charge on any atom is 0.146 e. The number of morpholine rings is 1. The monoisotopic (exact) mass is 327 g/mol. The van der Waals surface area contributed by atoms with E-state index in [2.05, 4.69) is 42.2 Å². The van der Waals surface area contributed by atoms with Gasteiger partial charge in [-0.1, -0.05) is 43.3 Å². The van der Waals surface area contributed by atoms with Gasteiger partial charge in [-0.15, -0.1) is 0 Å². The lowest BCUT2D eigenvalue weighted by atomic mass is 9.94. The molecule has 3 heteroatoms. The highest BCUT2D eigenvalue weighted by Crippen LogP contribution is 2.23. The van der Waals surface area contributed by atoms with Crippen LogP contribution in [0.4, 0.5) is 10.1 Å². The second-order valence-corrected chi connectivity index (χ2v) is 6.72. The zero-order valence-corrected chi connectivity index (χ0v) is 14.4. The van der Waals surface area contributed by atoms with E-state index >= 15 is 0 Å². The molecule has 2 aromatic carbocycles.